The Labute approximate surface area is 152 Å². The largest absolute Gasteiger partial charge is 0.298 e. The Hall–Kier alpha value is -1.73. The number of carbonyl (C=O) groups is 1. The predicted molar refractivity (Wildman–Crippen MR) is 104 cm³/mol. The molecule has 0 aliphatic rings. The van der Waals surface area contributed by atoms with Gasteiger partial charge in [0.25, 0.3) is 5.91 Å². The van der Waals surface area contributed by atoms with Crippen LogP contribution in [0.3, 0.4) is 0 Å². The standard InChI is InChI=1S/C18H15IN2OS/c1-11-3-4-12(2)15(9-11)17(22)21-18-20-16(10-23-18)13-5-7-14(19)8-6-13/h3-10H,1-2H3,(H,20,21,22). The minimum absolute atomic E-state index is 0.116. The van der Waals surface area contributed by atoms with Crippen molar-refractivity contribution in [2.75, 3.05) is 5.32 Å². The van der Waals surface area contributed by atoms with Crippen LogP contribution in [0.2, 0.25) is 0 Å². The van der Waals surface area contributed by atoms with Gasteiger partial charge in [-0.05, 0) is 60.2 Å². The van der Waals surface area contributed by atoms with Crippen LogP contribution in [-0.2, 0) is 0 Å². The first kappa shape index (κ1) is 16.1. The number of amides is 1. The lowest BCUT2D eigenvalue weighted by atomic mass is 10.1. The Bertz CT molecular complexity index is 856. The van der Waals surface area contributed by atoms with Gasteiger partial charge in [-0.15, -0.1) is 11.3 Å². The van der Waals surface area contributed by atoms with Crippen molar-refractivity contribution < 1.29 is 4.79 Å². The summed E-state index contributed by atoms with van der Waals surface area (Å²) in [5.74, 6) is -0.116. The molecule has 0 bridgehead atoms. The molecule has 1 N–H and O–H groups in total. The van der Waals surface area contributed by atoms with E-state index in [1.54, 1.807) is 0 Å². The Kier molecular flexibility index (Phi) is 4.77. The summed E-state index contributed by atoms with van der Waals surface area (Å²) in [4.78, 5) is 16.9. The van der Waals surface area contributed by atoms with Crippen LogP contribution < -0.4 is 5.32 Å². The maximum Gasteiger partial charge on any atom is 0.257 e. The van der Waals surface area contributed by atoms with E-state index < -0.39 is 0 Å². The number of halogens is 1. The van der Waals surface area contributed by atoms with E-state index in [0.29, 0.717) is 10.7 Å². The number of nitrogens with one attached hydrogen (secondary N) is 1. The first-order chi connectivity index (χ1) is 11.0. The smallest absolute Gasteiger partial charge is 0.257 e. The maximum atomic E-state index is 12.4. The van der Waals surface area contributed by atoms with E-state index in [0.717, 1.165) is 22.4 Å². The monoisotopic (exact) mass is 434 g/mol. The lowest BCUT2D eigenvalue weighted by Crippen LogP contribution is -2.13. The maximum absolute atomic E-state index is 12.4. The van der Waals surface area contributed by atoms with E-state index in [2.05, 4.69) is 32.9 Å². The zero-order chi connectivity index (χ0) is 16.4. The quantitative estimate of drug-likeness (QED) is 0.570. The van der Waals surface area contributed by atoms with Crippen molar-refractivity contribution in [1.29, 1.82) is 0 Å². The molecule has 0 radical (unpaired) electrons. The molecule has 116 valence electrons. The van der Waals surface area contributed by atoms with Gasteiger partial charge in [0.1, 0.15) is 0 Å². The normalized spacial score (nSPS) is 10.6. The fraction of sp³-hybridized carbons (Fsp3) is 0.111. The zero-order valence-electron chi connectivity index (χ0n) is 12.8. The molecule has 0 aliphatic heterocycles. The van der Waals surface area contributed by atoms with Gasteiger partial charge in [-0.25, -0.2) is 4.98 Å². The van der Waals surface area contributed by atoms with Crippen molar-refractivity contribution in [1.82, 2.24) is 4.98 Å². The molecule has 0 unspecified atom stereocenters. The summed E-state index contributed by atoms with van der Waals surface area (Å²) in [5.41, 5.74) is 4.65. The second-order valence-corrected chi connectivity index (χ2v) is 7.42. The van der Waals surface area contributed by atoms with Gasteiger partial charge in [-0.1, -0.05) is 29.8 Å². The summed E-state index contributed by atoms with van der Waals surface area (Å²) in [6.07, 6.45) is 0. The van der Waals surface area contributed by atoms with Crippen molar-refractivity contribution >= 4 is 45.0 Å². The second-order valence-electron chi connectivity index (χ2n) is 5.32. The number of hydrogen-bond acceptors (Lipinski definition) is 3. The molecule has 3 aromatic rings. The molecule has 1 aromatic heterocycles. The number of aryl methyl sites for hydroxylation is 2. The number of carbonyl (C=O) groups excluding carboxylic acids is 1. The molecule has 1 heterocycles. The highest BCUT2D eigenvalue weighted by molar-refractivity contribution is 14.1. The zero-order valence-corrected chi connectivity index (χ0v) is 15.7. The second kappa shape index (κ2) is 6.80. The minimum Gasteiger partial charge on any atom is -0.298 e. The van der Waals surface area contributed by atoms with E-state index in [1.807, 2.05) is 61.7 Å². The van der Waals surface area contributed by atoms with Gasteiger partial charge in [-0.3, -0.25) is 10.1 Å². The third kappa shape index (κ3) is 3.79. The fourth-order valence-electron chi connectivity index (χ4n) is 2.23. The van der Waals surface area contributed by atoms with Crippen molar-refractivity contribution in [3.8, 4) is 11.3 Å². The summed E-state index contributed by atoms with van der Waals surface area (Å²) < 4.78 is 1.19. The Morgan fingerprint density at radius 2 is 1.87 bits per heavy atom. The Morgan fingerprint density at radius 1 is 1.13 bits per heavy atom. The molecule has 2 aromatic carbocycles. The first-order valence-electron chi connectivity index (χ1n) is 7.13. The average Bonchev–Trinajstić information content (AvgIpc) is 2.99. The van der Waals surface area contributed by atoms with Crippen LogP contribution in [0.4, 0.5) is 5.13 Å². The van der Waals surface area contributed by atoms with E-state index in [1.165, 1.54) is 14.9 Å². The van der Waals surface area contributed by atoms with Crippen molar-refractivity contribution in [3.05, 3.63) is 68.1 Å². The molecule has 0 atom stereocenters. The molecule has 3 nitrogen and oxygen atoms in total. The first-order valence-corrected chi connectivity index (χ1v) is 9.09. The summed E-state index contributed by atoms with van der Waals surface area (Å²) in [6.45, 7) is 3.92. The predicted octanol–water partition coefficient (Wildman–Crippen LogP) is 5.28. The Balaban J connectivity index is 1.80. The lowest BCUT2D eigenvalue weighted by Gasteiger charge is -2.06. The lowest BCUT2D eigenvalue weighted by molar-refractivity contribution is 0.102. The SMILES string of the molecule is Cc1ccc(C)c(C(=O)Nc2nc(-c3ccc(I)cc3)cs2)c1. The third-order valence-electron chi connectivity index (χ3n) is 3.50. The highest BCUT2D eigenvalue weighted by Gasteiger charge is 2.12. The van der Waals surface area contributed by atoms with E-state index in [4.69, 9.17) is 0 Å². The van der Waals surface area contributed by atoms with Gasteiger partial charge in [0.2, 0.25) is 0 Å². The molecule has 0 saturated carbocycles. The summed E-state index contributed by atoms with van der Waals surface area (Å²) in [6, 6.07) is 14.0. The number of rotatable bonds is 3. The highest BCUT2D eigenvalue weighted by atomic mass is 127. The third-order valence-corrected chi connectivity index (χ3v) is 4.98. The minimum atomic E-state index is -0.116. The number of nitrogens with zero attached hydrogens (tertiary/aromatic N) is 1. The molecule has 0 fully saturated rings. The molecule has 0 spiro atoms. The van der Waals surface area contributed by atoms with E-state index >= 15 is 0 Å². The van der Waals surface area contributed by atoms with Crippen molar-refractivity contribution in [3.63, 3.8) is 0 Å². The van der Waals surface area contributed by atoms with Crippen LogP contribution in [-0.4, -0.2) is 10.9 Å². The molecular weight excluding hydrogens is 419 g/mol. The molecule has 23 heavy (non-hydrogen) atoms. The van der Waals surface area contributed by atoms with Gasteiger partial charge in [-0.2, -0.15) is 0 Å². The summed E-state index contributed by atoms with van der Waals surface area (Å²) in [7, 11) is 0. The van der Waals surface area contributed by atoms with E-state index in [9.17, 15) is 4.79 Å². The number of aromatic nitrogens is 1. The summed E-state index contributed by atoms with van der Waals surface area (Å²) in [5, 5.41) is 5.47. The summed E-state index contributed by atoms with van der Waals surface area (Å²) >= 11 is 3.71. The molecule has 3 rings (SSSR count). The van der Waals surface area contributed by atoms with Crippen LogP contribution in [0.25, 0.3) is 11.3 Å². The number of hydrogen-bond donors (Lipinski definition) is 1. The van der Waals surface area contributed by atoms with Gasteiger partial charge in [0.05, 0.1) is 5.69 Å². The van der Waals surface area contributed by atoms with Crippen LogP contribution in [0, 0.1) is 17.4 Å². The van der Waals surface area contributed by atoms with Gasteiger partial charge >= 0.3 is 0 Å². The van der Waals surface area contributed by atoms with Crippen molar-refractivity contribution in [2.24, 2.45) is 0 Å². The molecule has 0 aliphatic carbocycles. The molecule has 0 saturated heterocycles. The number of benzene rings is 2. The van der Waals surface area contributed by atoms with Crippen LogP contribution >= 0.6 is 33.9 Å². The molecule has 1 amide bonds. The molecular formula is C18H15IN2OS. The number of thiazole rings is 1. The van der Waals surface area contributed by atoms with Gasteiger partial charge in [0.15, 0.2) is 5.13 Å². The highest BCUT2D eigenvalue weighted by Crippen LogP contribution is 2.26. The topological polar surface area (TPSA) is 42.0 Å². The Morgan fingerprint density at radius 3 is 2.61 bits per heavy atom. The van der Waals surface area contributed by atoms with Crippen molar-refractivity contribution in [2.45, 2.75) is 13.8 Å². The van der Waals surface area contributed by atoms with Gasteiger partial charge < -0.3 is 0 Å². The van der Waals surface area contributed by atoms with Crippen LogP contribution in [0.1, 0.15) is 21.5 Å². The average molecular weight is 434 g/mol. The van der Waals surface area contributed by atoms with E-state index in [-0.39, 0.29) is 5.91 Å². The number of anilines is 1. The fourth-order valence-corrected chi connectivity index (χ4v) is 3.30. The van der Waals surface area contributed by atoms with Gasteiger partial charge in [0, 0.05) is 20.1 Å². The van der Waals surface area contributed by atoms with Crippen LogP contribution in [0.15, 0.2) is 47.8 Å². The van der Waals surface area contributed by atoms with Crippen LogP contribution in [0.5, 0.6) is 0 Å². The molecule has 5 heteroatoms.